The van der Waals surface area contributed by atoms with Crippen LogP contribution in [0.15, 0.2) is 0 Å². The van der Waals surface area contributed by atoms with E-state index >= 15 is 0 Å². The van der Waals surface area contributed by atoms with Crippen molar-refractivity contribution in [2.24, 2.45) is 23.7 Å². The molecule has 0 aromatic carbocycles. The summed E-state index contributed by atoms with van der Waals surface area (Å²) in [5.74, 6) is 3.33. The second-order valence-corrected chi connectivity index (χ2v) is 6.51. The van der Waals surface area contributed by atoms with E-state index in [1.807, 2.05) is 0 Å². The second kappa shape index (κ2) is 3.71. The minimum absolute atomic E-state index is 0.391. The van der Waals surface area contributed by atoms with Gasteiger partial charge in [-0.3, -0.25) is 4.79 Å². The molecule has 3 heterocycles. The van der Waals surface area contributed by atoms with Crippen molar-refractivity contribution in [3.05, 3.63) is 0 Å². The van der Waals surface area contributed by atoms with Gasteiger partial charge < -0.3 is 10.2 Å². The van der Waals surface area contributed by atoms with Crippen LogP contribution in [-0.4, -0.2) is 36.5 Å². The van der Waals surface area contributed by atoms with Gasteiger partial charge in [-0.15, -0.1) is 0 Å². The molecule has 3 nitrogen and oxygen atoms in total. The van der Waals surface area contributed by atoms with Gasteiger partial charge in [-0.25, -0.2) is 0 Å². The number of hydrogen-bond acceptors (Lipinski definition) is 2. The van der Waals surface area contributed by atoms with Crippen molar-refractivity contribution in [2.75, 3.05) is 19.6 Å². The smallest absolute Gasteiger partial charge is 0.225 e. The highest BCUT2D eigenvalue weighted by molar-refractivity contribution is 5.80. The van der Waals surface area contributed by atoms with Crippen LogP contribution in [0.1, 0.15) is 32.1 Å². The number of nitrogens with zero attached hydrogens (tertiary/aromatic N) is 1. The highest BCUT2D eigenvalue weighted by Crippen LogP contribution is 2.46. The Morgan fingerprint density at radius 3 is 2.65 bits per heavy atom. The zero-order valence-electron chi connectivity index (χ0n) is 10.4. The molecule has 0 aromatic rings. The van der Waals surface area contributed by atoms with Crippen LogP contribution in [0.25, 0.3) is 0 Å². The number of carbonyl (C=O) groups is 1. The molecular weight excluding hydrogens is 212 g/mol. The molecule has 3 heteroatoms. The van der Waals surface area contributed by atoms with E-state index in [2.05, 4.69) is 10.2 Å². The molecule has 5 rings (SSSR count). The summed E-state index contributed by atoms with van der Waals surface area (Å²) in [6, 6.07) is 0.577. The first-order valence-corrected chi connectivity index (χ1v) is 7.36. The molecule has 3 saturated heterocycles. The molecule has 5 aliphatic rings. The lowest BCUT2D eigenvalue weighted by molar-refractivity contribution is -0.150. The fourth-order valence-corrected chi connectivity index (χ4v) is 4.61. The summed E-state index contributed by atoms with van der Waals surface area (Å²) in [6.07, 6.45) is 6.21. The lowest BCUT2D eigenvalue weighted by atomic mass is 9.66. The highest BCUT2D eigenvalue weighted by Gasteiger charge is 2.51. The maximum atomic E-state index is 12.5. The fourth-order valence-electron chi connectivity index (χ4n) is 4.61. The Morgan fingerprint density at radius 1 is 1.06 bits per heavy atom. The van der Waals surface area contributed by atoms with Gasteiger partial charge in [-0.2, -0.15) is 0 Å². The third kappa shape index (κ3) is 1.41. The molecular formula is C14H22N2O. The Morgan fingerprint density at radius 2 is 1.88 bits per heavy atom. The normalized spacial score (nSPS) is 44.6. The summed E-state index contributed by atoms with van der Waals surface area (Å²) in [7, 11) is 0. The Hall–Kier alpha value is -0.570. The molecule has 0 spiro atoms. The van der Waals surface area contributed by atoms with Crippen LogP contribution in [0, 0.1) is 23.7 Å². The first-order valence-electron chi connectivity index (χ1n) is 7.36. The van der Waals surface area contributed by atoms with E-state index in [1.165, 1.54) is 25.8 Å². The van der Waals surface area contributed by atoms with Crippen LogP contribution in [-0.2, 0) is 4.79 Å². The van der Waals surface area contributed by atoms with Gasteiger partial charge in [0.15, 0.2) is 0 Å². The molecule has 3 aliphatic heterocycles. The third-order valence-electron chi connectivity index (χ3n) is 5.81. The average Bonchev–Trinajstić information content (AvgIpc) is 2.77. The summed E-state index contributed by atoms with van der Waals surface area (Å²) < 4.78 is 0. The predicted molar refractivity (Wildman–Crippen MR) is 65.4 cm³/mol. The maximum absolute atomic E-state index is 12.5. The lowest BCUT2D eigenvalue weighted by Crippen LogP contribution is -2.60. The van der Waals surface area contributed by atoms with Gasteiger partial charge >= 0.3 is 0 Å². The van der Waals surface area contributed by atoms with Crippen LogP contribution < -0.4 is 5.32 Å². The number of nitrogens with one attached hydrogen (secondary N) is 1. The summed E-state index contributed by atoms with van der Waals surface area (Å²) >= 11 is 0. The standard InChI is InChI=1S/C14H22N2O/c17-14(9-2-1-3-9)16-8-10-4-5-13(16)12-7-15-6-11(10)12/h9-13,15H,1-8H2/t10-,11+,12-,13+/m1/s1. The molecule has 1 amide bonds. The Labute approximate surface area is 103 Å². The zero-order chi connectivity index (χ0) is 11.4. The molecule has 0 aromatic heterocycles. The Balaban J connectivity index is 1.56. The second-order valence-electron chi connectivity index (χ2n) is 6.51. The van der Waals surface area contributed by atoms with Gasteiger partial charge in [-0.05, 0) is 50.0 Å². The molecule has 2 saturated carbocycles. The van der Waals surface area contributed by atoms with Crippen LogP contribution in [0.2, 0.25) is 0 Å². The van der Waals surface area contributed by atoms with Crippen LogP contribution in [0.3, 0.4) is 0 Å². The number of fused-ring (bicyclic) bond motifs is 2. The molecule has 0 radical (unpaired) electrons. The Bertz CT molecular complexity index is 339. The van der Waals surface area contributed by atoms with Gasteiger partial charge in [-0.1, -0.05) is 6.42 Å². The van der Waals surface area contributed by atoms with E-state index in [0.717, 1.165) is 43.7 Å². The molecule has 17 heavy (non-hydrogen) atoms. The molecule has 2 aliphatic carbocycles. The monoisotopic (exact) mass is 234 g/mol. The van der Waals surface area contributed by atoms with Crippen molar-refractivity contribution in [3.8, 4) is 0 Å². The van der Waals surface area contributed by atoms with Gasteiger partial charge in [0.05, 0.1) is 0 Å². The first kappa shape index (κ1) is 10.4. The predicted octanol–water partition coefficient (Wildman–Crippen LogP) is 1.24. The van der Waals surface area contributed by atoms with Crippen molar-refractivity contribution in [1.82, 2.24) is 10.2 Å². The van der Waals surface area contributed by atoms with Gasteiger partial charge in [0.25, 0.3) is 0 Å². The van der Waals surface area contributed by atoms with Crippen molar-refractivity contribution in [3.63, 3.8) is 0 Å². The van der Waals surface area contributed by atoms with Crippen molar-refractivity contribution >= 4 is 5.91 Å². The van der Waals surface area contributed by atoms with Gasteiger partial charge in [0.2, 0.25) is 5.91 Å². The Kier molecular flexibility index (Phi) is 2.26. The molecule has 0 unspecified atom stereocenters. The highest BCUT2D eigenvalue weighted by atomic mass is 16.2. The summed E-state index contributed by atoms with van der Waals surface area (Å²) in [4.78, 5) is 14.7. The number of carbonyl (C=O) groups excluding carboxylic acids is 1. The van der Waals surface area contributed by atoms with E-state index in [1.54, 1.807) is 0 Å². The van der Waals surface area contributed by atoms with E-state index in [9.17, 15) is 4.79 Å². The number of amides is 1. The topological polar surface area (TPSA) is 32.3 Å². The summed E-state index contributed by atoms with van der Waals surface area (Å²) in [5, 5.41) is 3.54. The van der Waals surface area contributed by atoms with Crippen molar-refractivity contribution in [1.29, 1.82) is 0 Å². The number of piperidine rings is 2. The lowest BCUT2D eigenvalue weighted by Gasteiger charge is -2.53. The summed E-state index contributed by atoms with van der Waals surface area (Å²) in [5.41, 5.74) is 0. The fraction of sp³-hybridized carbons (Fsp3) is 0.929. The molecule has 4 atom stereocenters. The quantitative estimate of drug-likeness (QED) is 0.740. The molecule has 2 bridgehead atoms. The number of hydrogen-bond donors (Lipinski definition) is 1. The molecule has 94 valence electrons. The third-order valence-corrected chi connectivity index (χ3v) is 5.81. The van der Waals surface area contributed by atoms with E-state index in [4.69, 9.17) is 0 Å². The van der Waals surface area contributed by atoms with Gasteiger partial charge in [0.1, 0.15) is 0 Å². The maximum Gasteiger partial charge on any atom is 0.225 e. The zero-order valence-corrected chi connectivity index (χ0v) is 10.4. The van der Waals surface area contributed by atoms with Crippen molar-refractivity contribution < 1.29 is 4.79 Å². The number of rotatable bonds is 1. The van der Waals surface area contributed by atoms with Gasteiger partial charge in [0, 0.05) is 25.0 Å². The summed E-state index contributed by atoms with van der Waals surface area (Å²) in [6.45, 7) is 3.43. The largest absolute Gasteiger partial charge is 0.339 e. The average molecular weight is 234 g/mol. The van der Waals surface area contributed by atoms with E-state index in [0.29, 0.717) is 17.9 Å². The SMILES string of the molecule is O=C(C1CCC1)N1C[C@H]2CC[C@H]1[C@@H]1CNC[C@@H]21. The van der Waals surface area contributed by atoms with Crippen LogP contribution in [0.5, 0.6) is 0 Å². The first-order chi connectivity index (χ1) is 8.34. The minimum atomic E-state index is 0.391. The van der Waals surface area contributed by atoms with Crippen LogP contribution in [0.4, 0.5) is 0 Å². The molecule has 1 N–H and O–H groups in total. The van der Waals surface area contributed by atoms with E-state index in [-0.39, 0.29) is 0 Å². The van der Waals surface area contributed by atoms with Crippen molar-refractivity contribution in [2.45, 2.75) is 38.1 Å². The van der Waals surface area contributed by atoms with Crippen LogP contribution >= 0.6 is 0 Å². The molecule has 5 fully saturated rings. The minimum Gasteiger partial charge on any atom is -0.339 e. The van der Waals surface area contributed by atoms with E-state index < -0.39 is 0 Å².